The number of rotatable bonds is 3. The largest absolute Gasteiger partial charge is 0.338 e. The predicted molar refractivity (Wildman–Crippen MR) is 100 cm³/mol. The Morgan fingerprint density at radius 2 is 1.89 bits per heavy atom. The standard InChI is InChI=1S/C20H22N6O/c21-9-14-10-23-26-19(14)24-18(17(20(26)27)13-5-4-6-13)15-11-22-25(12-15)16-7-2-1-3-8-16/h10-13,16,24H,1-8H2. The van der Waals surface area contributed by atoms with Gasteiger partial charge in [-0.25, -0.2) is 0 Å². The molecule has 0 atom stereocenters. The molecule has 7 heteroatoms. The van der Waals surface area contributed by atoms with E-state index in [9.17, 15) is 10.1 Å². The summed E-state index contributed by atoms with van der Waals surface area (Å²) in [4.78, 5) is 16.5. The molecule has 5 rings (SSSR count). The van der Waals surface area contributed by atoms with Crippen LogP contribution < -0.4 is 5.56 Å². The lowest BCUT2D eigenvalue weighted by Gasteiger charge is -2.26. The zero-order chi connectivity index (χ0) is 18.4. The SMILES string of the molecule is N#Cc1cnn2c(=O)c(C3CCC3)c(-c3cnn(C4CCCCC4)c3)[nH]c12. The molecule has 3 aromatic heterocycles. The molecule has 138 valence electrons. The van der Waals surface area contributed by atoms with Crippen molar-refractivity contribution in [1.29, 1.82) is 5.26 Å². The molecular weight excluding hydrogens is 340 g/mol. The first-order chi connectivity index (χ1) is 13.3. The molecule has 0 saturated heterocycles. The van der Waals surface area contributed by atoms with Crippen molar-refractivity contribution in [2.24, 2.45) is 0 Å². The molecule has 0 radical (unpaired) electrons. The van der Waals surface area contributed by atoms with E-state index >= 15 is 0 Å². The number of hydrogen-bond acceptors (Lipinski definition) is 4. The number of aromatic nitrogens is 5. The van der Waals surface area contributed by atoms with Gasteiger partial charge in [0.15, 0.2) is 5.65 Å². The minimum atomic E-state index is -0.115. The molecule has 2 saturated carbocycles. The number of fused-ring (bicyclic) bond motifs is 1. The molecule has 2 fully saturated rings. The Bertz CT molecular complexity index is 1090. The fourth-order valence-electron chi connectivity index (χ4n) is 4.43. The van der Waals surface area contributed by atoms with Crippen molar-refractivity contribution in [3.8, 4) is 17.3 Å². The van der Waals surface area contributed by atoms with Crippen LogP contribution in [0.15, 0.2) is 23.4 Å². The first-order valence-corrected chi connectivity index (χ1v) is 9.85. The van der Waals surface area contributed by atoms with E-state index in [1.807, 2.05) is 6.20 Å². The van der Waals surface area contributed by atoms with Crippen LogP contribution in [0.2, 0.25) is 0 Å². The highest BCUT2D eigenvalue weighted by molar-refractivity contribution is 5.67. The van der Waals surface area contributed by atoms with Gasteiger partial charge in [0.1, 0.15) is 11.6 Å². The van der Waals surface area contributed by atoms with Crippen molar-refractivity contribution in [1.82, 2.24) is 24.4 Å². The topological polar surface area (TPSA) is 91.8 Å². The highest BCUT2D eigenvalue weighted by atomic mass is 16.1. The Morgan fingerprint density at radius 1 is 1.07 bits per heavy atom. The van der Waals surface area contributed by atoms with Crippen molar-refractivity contribution >= 4 is 5.65 Å². The number of nitrogens with zero attached hydrogens (tertiary/aromatic N) is 5. The molecule has 0 aromatic carbocycles. The second-order valence-electron chi connectivity index (χ2n) is 7.78. The van der Waals surface area contributed by atoms with Crippen LogP contribution in [0.3, 0.4) is 0 Å². The molecule has 2 aliphatic carbocycles. The number of hydrogen-bond donors (Lipinski definition) is 1. The summed E-state index contributed by atoms with van der Waals surface area (Å²) in [5, 5.41) is 18.1. The molecule has 3 aromatic rings. The highest BCUT2D eigenvalue weighted by Crippen LogP contribution is 2.39. The average Bonchev–Trinajstić information content (AvgIpc) is 3.30. The van der Waals surface area contributed by atoms with Gasteiger partial charge in [-0.2, -0.15) is 20.0 Å². The van der Waals surface area contributed by atoms with Crippen LogP contribution in [0.4, 0.5) is 0 Å². The van der Waals surface area contributed by atoms with Crippen LogP contribution in [-0.2, 0) is 0 Å². The van der Waals surface area contributed by atoms with Crippen LogP contribution in [0, 0.1) is 11.3 Å². The third-order valence-corrected chi connectivity index (χ3v) is 6.18. The molecule has 7 nitrogen and oxygen atoms in total. The molecule has 2 aliphatic rings. The van der Waals surface area contributed by atoms with Crippen molar-refractivity contribution < 1.29 is 0 Å². The molecule has 0 spiro atoms. The van der Waals surface area contributed by atoms with Gasteiger partial charge in [0.2, 0.25) is 0 Å². The average molecular weight is 362 g/mol. The lowest BCUT2D eigenvalue weighted by molar-refractivity contribution is 0.329. The van der Waals surface area contributed by atoms with E-state index in [1.165, 1.54) is 30.0 Å². The third kappa shape index (κ3) is 2.59. The summed E-state index contributed by atoms with van der Waals surface area (Å²) in [6, 6.07) is 2.56. The summed E-state index contributed by atoms with van der Waals surface area (Å²) in [5.41, 5.74) is 3.24. The Kier molecular flexibility index (Phi) is 3.85. The molecule has 1 N–H and O–H groups in total. The fourth-order valence-corrected chi connectivity index (χ4v) is 4.43. The van der Waals surface area contributed by atoms with E-state index < -0.39 is 0 Å². The van der Waals surface area contributed by atoms with E-state index in [1.54, 1.807) is 0 Å². The third-order valence-electron chi connectivity index (χ3n) is 6.18. The molecule has 3 heterocycles. The maximum atomic E-state index is 13.1. The Balaban J connectivity index is 1.66. The molecule has 0 bridgehead atoms. The quantitative estimate of drug-likeness (QED) is 0.771. The second kappa shape index (κ2) is 6.38. The number of H-pyrrole nitrogens is 1. The van der Waals surface area contributed by atoms with Crippen LogP contribution in [0.5, 0.6) is 0 Å². The Labute approximate surface area is 156 Å². The minimum Gasteiger partial charge on any atom is -0.338 e. The smallest absolute Gasteiger partial charge is 0.278 e. The zero-order valence-corrected chi connectivity index (χ0v) is 15.2. The second-order valence-corrected chi connectivity index (χ2v) is 7.78. The van der Waals surface area contributed by atoms with E-state index in [-0.39, 0.29) is 11.5 Å². The number of nitrogens with one attached hydrogen (secondary N) is 1. The van der Waals surface area contributed by atoms with E-state index in [0.717, 1.165) is 48.9 Å². The lowest BCUT2D eigenvalue weighted by Crippen LogP contribution is -2.26. The summed E-state index contributed by atoms with van der Waals surface area (Å²) in [6.45, 7) is 0. The van der Waals surface area contributed by atoms with Gasteiger partial charge in [0.05, 0.1) is 24.1 Å². The van der Waals surface area contributed by atoms with Crippen molar-refractivity contribution in [2.45, 2.75) is 63.3 Å². The van der Waals surface area contributed by atoms with Gasteiger partial charge in [-0.1, -0.05) is 25.7 Å². The van der Waals surface area contributed by atoms with Gasteiger partial charge in [0, 0.05) is 17.3 Å². The van der Waals surface area contributed by atoms with Gasteiger partial charge in [-0.15, -0.1) is 0 Å². The predicted octanol–water partition coefficient (Wildman–Crippen LogP) is 3.53. The zero-order valence-electron chi connectivity index (χ0n) is 15.2. The molecule has 0 aliphatic heterocycles. The van der Waals surface area contributed by atoms with Crippen LogP contribution >= 0.6 is 0 Å². The van der Waals surface area contributed by atoms with E-state index in [4.69, 9.17) is 0 Å². The van der Waals surface area contributed by atoms with Crippen molar-refractivity contribution in [2.75, 3.05) is 0 Å². The maximum Gasteiger partial charge on any atom is 0.278 e. The monoisotopic (exact) mass is 362 g/mol. The lowest BCUT2D eigenvalue weighted by atomic mass is 9.79. The first-order valence-electron chi connectivity index (χ1n) is 9.85. The van der Waals surface area contributed by atoms with Crippen molar-refractivity contribution in [3.05, 3.63) is 40.1 Å². The molecule has 0 unspecified atom stereocenters. The number of nitriles is 1. The molecular formula is C20H22N6O. The summed E-state index contributed by atoms with van der Waals surface area (Å²) >= 11 is 0. The van der Waals surface area contributed by atoms with E-state index in [0.29, 0.717) is 17.3 Å². The Hall–Kier alpha value is -2.88. The minimum absolute atomic E-state index is 0.115. The summed E-state index contributed by atoms with van der Waals surface area (Å²) in [6.07, 6.45) is 14.7. The maximum absolute atomic E-state index is 13.1. The van der Waals surface area contributed by atoms with Crippen LogP contribution in [-0.4, -0.2) is 24.4 Å². The van der Waals surface area contributed by atoms with Gasteiger partial charge < -0.3 is 4.98 Å². The van der Waals surface area contributed by atoms with Crippen LogP contribution in [0.1, 0.15) is 74.5 Å². The number of aromatic amines is 1. The van der Waals surface area contributed by atoms with Crippen molar-refractivity contribution in [3.63, 3.8) is 0 Å². The molecule has 27 heavy (non-hydrogen) atoms. The Morgan fingerprint density at radius 3 is 2.59 bits per heavy atom. The van der Waals surface area contributed by atoms with Gasteiger partial charge >= 0.3 is 0 Å². The first kappa shape index (κ1) is 16.3. The summed E-state index contributed by atoms with van der Waals surface area (Å²) in [5.74, 6) is 0.251. The summed E-state index contributed by atoms with van der Waals surface area (Å²) in [7, 11) is 0. The van der Waals surface area contributed by atoms with Crippen LogP contribution in [0.25, 0.3) is 16.9 Å². The van der Waals surface area contributed by atoms with Gasteiger partial charge in [0.25, 0.3) is 5.56 Å². The van der Waals surface area contributed by atoms with Gasteiger partial charge in [-0.3, -0.25) is 9.48 Å². The van der Waals surface area contributed by atoms with E-state index in [2.05, 4.69) is 32.1 Å². The normalized spacial score (nSPS) is 18.5. The highest BCUT2D eigenvalue weighted by Gasteiger charge is 2.29. The van der Waals surface area contributed by atoms with Gasteiger partial charge in [-0.05, 0) is 31.6 Å². The molecule has 0 amide bonds. The fraction of sp³-hybridized carbons (Fsp3) is 0.500. The summed E-state index contributed by atoms with van der Waals surface area (Å²) < 4.78 is 3.39.